The molecular weight excluding hydrogens is 360 g/mol. The lowest BCUT2D eigenvalue weighted by Crippen LogP contribution is -2.12. The lowest BCUT2D eigenvalue weighted by atomic mass is 10.0. The van der Waals surface area contributed by atoms with Gasteiger partial charge in [-0.05, 0) is 41.8 Å². The Morgan fingerprint density at radius 1 is 1.11 bits per heavy atom. The molecule has 0 atom stereocenters. The average molecular weight is 380 g/mol. The largest absolute Gasteiger partial charge is 0.486 e. The summed E-state index contributed by atoms with van der Waals surface area (Å²) in [6.07, 6.45) is 0. The third-order valence-corrected chi connectivity index (χ3v) is 4.16. The quantitative estimate of drug-likeness (QED) is 0.452. The van der Waals surface area contributed by atoms with Crippen LogP contribution in [0.4, 0.5) is 11.4 Å². The first-order valence-electron chi connectivity index (χ1n) is 8.80. The highest BCUT2D eigenvalue weighted by atomic mass is 16.6. The normalized spacial score (nSPS) is 10.7. The van der Waals surface area contributed by atoms with Gasteiger partial charge < -0.3 is 14.5 Å². The number of hydrogen-bond acceptors (Lipinski definition) is 5. The number of anilines is 1. The second-order valence-corrected chi connectivity index (χ2v) is 6.51. The summed E-state index contributed by atoms with van der Waals surface area (Å²) in [6.45, 7) is 4.41. The monoisotopic (exact) mass is 380 g/mol. The van der Waals surface area contributed by atoms with E-state index in [9.17, 15) is 14.9 Å². The Hall–Kier alpha value is -3.61. The van der Waals surface area contributed by atoms with Gasteiger partial charge in [0.2, 0.25) is 0 Å². The fourth-order valence-corrected chi connectivity index (χ4v) is 2.60. The van der Waals surface area contributed by atoms with Gasteiger partial charge in [0.1, 0.15) is 23.8 Å². The molecule has 0 unspecified atom stereocenters. The predicted octanol–water partition coefficient (Wildman–Crippen LogP) is 5.14. The molecule has 0 aliphatic rings. The number of nitro groups is 1. The zero-order valence-electron chi connectivity index (χ0n) is 15.5. The van der Waals surface area contributed by atoms with Gasteiger partial charge >= 0.3 is 0 Å². The molecule has 0 saturated carbocycles. The molecule has 0 saturated heterocycles. The van der Waals surface area contributed by atoms with Crippen LogP contribution in [0.5, 0.6) is 5.75 Å². The van der Waals surface area contributed by atoms with Crippen molar-refractivity contribution in [3.8, 4) is 5.75 Å². The third kappa shape index (κ3) is 4.56. The molecule has 0 aliphatic carbocycles. The van der Waals surface area contributed by atoms with Crippen molar-refractivity contribution in [3.05, 3.63) is 87.9 Å². The number of furan rings is 1. The summed E-state index contributed by atoms with van der Waals surface area (Å²) in [5, 5.41) is 13.5. The predicted molar refractivity (Wildman–Crippen MR) is 105 cm³/mol. The van der Waals surface area contributed by atoms with Gasteiger partial charge in [0, 0.05) is 6.07 Å². The smallest absolute Gasteiger partial charge is 0.292 e. The van der Waals surface area contributed by atoms with Crippen LogP contribution in [0.1, 0.15) is 41.6 Å². The highest BCUT2D eigenvalue weighted by Gasteiger charge is 2.18. The molecule has 0 spiro atoms. The maximum Gasteiger partial charge on any atom is 0.292 e. The van der Waals surface area contributed by atoms with Crippen molar-refractivity contribution < 1.29 is 18.9 Å². The number of benzene rings is 2. The van der Waals surface area contributed by atoms with Crippen LogP contribution in [0, 0.1) is 10.1 Å². The minimum atomic E-state index is -0.568. The first kappa shape index (κ1) is 19.2. The van der Waals surface area contributed by atoms with Gasteiger partial charge in [-0.3, -0.25) is 14.9 Å². The summed E-state index contributed by atoms with van der Waals surface area (Å²) in [6, 6.07) is 16.9. The van der Waals surface area contributed by atoms with E-state index in [1.165, 1.54) is 29.8 Å². The number of nitrogens with one attached hydrogen (secondary N) is 1. The van der Waals surface area contributed by atoms with Crippen LogP contribution in [0.3, 0.4) is 0 Å². The van der Waals surface area contributed by atoms with Crippen LogP contribution in [0.15, 0.2) is 65.1 Å². The molecule has 0 bridgehead atoms. The van der Waals surface area contributed by atoms with Crippen LogP contribution in [0.2, 0.25) is 0 Å². The first-order chi connectivity index (χ1) is 13.4. The molecule has 28 heavy (non-hydrogen) atoms. The Labute approximate surface area is 162 Å². The van der Waals surface area contributed by atoms with Crippen molar-refractivity contribution in [1.82, 2.24) is 0 Å². The Morgan fingerprint density at radius 3 is 2.50 bits per heavy atom. The lowest BCUT2D eigenvalue weighted by Gasteiger charge is -2.08. The van der Waals surface area contributed by atoms with Crippen LogP contribution < -0.4 is 10.1 Å². The maximum atomic E-state index is 12.3. The second kappa shape index (κ2) is 8.39. The topological polar surface area (TPSA) is 94.6 Å². The molecular formula is C21H20N2O5. The summed E-state index contributed by atoms with van der Waals surface area (Å²) in [5.74, 6) is 1.10. The molecule has 1 N–H and O–H groups in total. The van der Waals surface area contributed by atoms with Crippen LogP contribution >= 0.6 is 0 Å². The average Bonchev–Trinajstić information content (AvgIpc) is 3.16. The van der Waals surface area contributed by atoms with Crippen molar-refractivity contribution in [1.29, 1.82) is 0 Å². The third-order valence-electron chi connectivity index (χ3n) is 4.16. The number of nitrogens with zero attached hydrogens (tertiary/aromatic N) is 1. The highest BCUT2D eigenvalue weighted by molar-refractivity contribution is 6.03. The molecule has 3 aromatic rings. The molecule has 0 aliphatic heterocycles. The fourth-order valence-electron chi connectivity index (χ4n) is 2.60. The second-order valence-electron chi connectivity index (χ2n) is 6.51. The maximum absolute atomic E-state index is 12.3. The fraction of sp³-hybridized carbons (Fsp3) is 0.190. The van der Waals surface area contributed by atoms with Crippen molar-refractivity contribution in [2.75, 3.05) is 5.32 Å². The molecule has 2 aromatic carbocycles. The summed E-state index contributed by atoms with van der Waals surface area (Å²) in [7, 11) is 0. The Morgan fingerprint density at radius 2 is 1.82 bits per heavy atom. The van der Waals surface area contributed by atoms with Gasteiger partial charge in [0.15, 0.2) is 5.76 Å². The molecule has 1 heterocycles. The summed E-state index contributed by atoms with van der Waals surface area (Å²) >= 11 is 0. The van der Waals surface area contributed by atoms with Crippen LogP contribution in [0.25, 0.3) is 0 Å². The minimum Gasteiger partial charge on any atom is -0.486 e. The van der Waals surface area contributed by atoms with Crippen molar-refractivity contribution in [3.63, 3.8) is 0 Å². The van der Waals surface area contributed by atoms with E-state index >= 15 is 0 Å². The number of carbonyl (C=O) groups excluding carboxylic acids is 1. The Kier molecular flexibility index (Phi) is 5.74. The number of rotatable bonds is 7. The van der Waals surface area contributed by atoms with Crippen LogP contribution in [-0.2, 0) is 6.61 Å². The zero-order valence-corrected chi connectivity index (χ0v) is 15.5. The molecule has 0 radical (unpaired) electrons. The molecule has 7 nitrogen and oxygen atoms in total. The van der Waals surface area contributed by atoms with E-state index < -0.39 is 10.8 Å². The van der Waals surface area contributed by atoms with Gasteiger partial charge in [-0.15, -0.1) is 0 Å². The molecule has 1 amide bonds. The van der Waals surface area contributed by atoms with Crippen molar-refractivity contribution in [2.45, 2.75) is 26.4 Å². The molecule has 1 aromatic heterocycles. The van der Waals surface area contributed by atoms with Gasteiger partial charge in [-0.25, -0.2) is 0 Å². The SMILES string of the molecule is CC(C)c1ccc(OCc2ccc(C(=O)Nc3ccccc3[N+](=O)[O-])o2)cc1. The molecule has 7 heteroatoms. The lowest BCUT2D eigenvalue weighted by molar-refractivity contribution is -0.383. The number of carbonyl (C=O) groups is 1. The van der Waals surface area contributed by atoms with E-state index in [2.05, 4.69) is 19.2 Å². The number of ether oxygens (including phenoxy) is 1. The number of para-hydroxylation sites is 2. The summed E-state index contributed by atoms with van der Waals surface area (Å²) in [5.41, 5.74) is 1.15. The molecule has 144 valence electrons. The number of amides is 1. The Balaban J connectivity index is 1.62. The Bertz CT molecular complexity index is 976. The van der Waals surface area contributed by atoms with Gasteiger partial charge in [0.05, 0.1) is 4.92 Å². The first-order valence-corrected chi connectivity index (χ1v) is 8.80. The summed E-state index contributed by atoms with van der Waals surface area (Å²) < 4.78 is 11.2. The molecule has 3 rings (SSSR count). The van der Waals surface area contributed by atoms with Crippen molar-refractivity contribution in [2.24, 2.45) is 0 Å². The standard InChI is InChI=1S/C21H20N2O5/c1-14(2)15-7-9-16(10-8-15)27-13-17-11-12-20(28-17)21(24)22-18-5-3-4-6-19(18)23(25)26/h3-12,14H,13H2,1-2H3,(H,22,24). The highest BCUT2D eigenvalue weighted by Crippen LogP contribution is 2.24. The van der Waals surface area contributed by atoms with Gasteiger partial charge in [-0.1, -0.05) is 38.1 Å². The number of hydrogen-bond donors (Lipinski definition) is 1. The summed E-state index contributed by atoms with van der Waals surface area (Å²) in [4.78, 5) is 22.8. The van der Waals surface area contributed by atoms with E-state index in [-0.39, 0.29) is 23.7 Å². The van der Waals surface area contributed by atoms with E-state index in [1.807, 2.05) is 24.3 Å². The van der Waals surface area contributed by atoms with Crippen LogP contribution in [-0.4, -0.2) is 10.8 Å². The molecule has 0 fully saturated rings. The van der Waals surface area contributed by atoms with E-state index in [1.54, 1.807) is 12.1 Å². The zero-order chi connectivity index (χ0) is 20.1. The van der Waals surface area contributed by atoms with Gasteiger partial charge in [-0.2, -0.15) is 0 Å². The van der Waals surface area contributed by atoms with E-state index in [4.69, 9.17) is 9.15 Å². The minimum absolute atomic E-state index is 0.0481. The van der Waals surface area contributed by atoms with E-state index in [0.717, 1.165) is 0 Å². The van der Waals surface area contributed by atoms with Gasteiger partial charge in [0.25, 0.3) is 11.6 Å². The van der Waals surface area contributed by atoms with Crippen molar-refractivity contribution >= 4 is 17.3 Å². The number of nitro benzene ring substituents is 1. The van der Waals surface area contributed by atoms with E-state index in [0.29, 0.717) is 17.4 Å².